The lowest BCUT2D eigenvalue weighted by atomic mass is 9.72. The van der Waals surface area contributed by atoms with E-state index in [9.17, 15) is 14.7 Å². The molecule has 9 heteroatoms. The Hall–Kier alpha value is -3.46. The quantitative estimate of drug-likeness (QED) is 0.224. The topological polar surface area (TPSA) is 115 Å². The maximum absolute atomic E-state index is 13.5. The number of pyridine rings is 1. The van der Waals surface area contributed by atoms with Crippen LogP contribution in [0.3, 0.4) is 0 Å². The number of hydrogen-bond acceptors (Lipinski definition) is 5. The summed E-state index contributed by atoms with van der Waals surface area (Å²) >= 11 is 6.77. The van der Waals surface area contributed by atoms with Crippen molar-refractivity contribution < 1.29 is 19.8 Å². The summed E-state index contributed by atoms with van der Waals surface area (Å²) in [6.07, 6.45) is 5.12. The van der Waals surface area contributed by atoms with Crippen LogP contribution in [0.1, 0.15) is 59.7 Å². The molecule has 0 bridgehead atoms. The van der Waals surface area contributed by atoms with Gasteiger partial charge in [-0.25, -0.2) is 4.79 Å². The largest absolute Gasteiger partial charge is 0.465 e. The van der Waals surface area contributed by atoms with Gasteiger partial charge in [0.1, 0.15) is 0 Å². The van der Waals surface area contributed by atoms with Crippen LogP contribution in [0.4, 0.5) is 4.79 Å². The van der Waals surface area contributed by atoms with E-state index >= 15 is 0 Å². The van der Waals surface area contributed by atoms with Crippen LogP contribution in [0.5, 0.6) is 0 Å². The average molecular weight is 579 g/mol. The predicted octanol–water partition coefficient (Wildman–Crippen LogP) is 5.47. The maximum atomic E-state index is 13.5. The standard InChI is InChI=1S/C32H39ClN4O4/c1-3-22-7-4-8-25(17-22)29-27(19-35-20-28(29)33)32(41,14-6-15-36-31(39)40)26-9-5-16-37(21-26)30(38)24-12-10-23(11-13-24)18-34-2/h4,7-8,10-13,17,19-20,26,34,36,41H,3,5-6,9,14-16,18,21H2,1-2H3,(H,39,40). The fourth-order valence-electron chi connectivity index (χ4n) is 5.82. The van der Waals surface area contributed by atoms with Crippen molar-refractivity contribution in [2.75, 3.05) is 26.7 Å². The van der Waals surface area contributed by atoms with E-state index in [1.165, 1.54) is 0 Å². The minimum Gasteiger partial charge on any atom is -0.465 e. The Morgan fingerprint density at radius 1 is 1.15 bits per heavy atom. The second kappa shape index (κ2) is 13.9. The number of aryl methyl sites for hydroxylation is 1. The molecule has 2 unspecified atom stereocenters. The Labute approximate surface area is 246 Å². The summed E-state index contributed by atoms with van der Waals surface area (Å²) in [6.45, 7) is 3.97. The van der Waals surface area contributed by atoms with Crippen LogP contribution >= 0.6 is 11.6 Å². The zero-order valence-electron chi connectivity index (χ0n) is 23.7. The summed E-state index contributed by atoms with van der Waals surface area (Å²) in [5.41, 5.74) is 3.66. The van der Waals surface area contributed by atoms with Gasteiger partial charge in [0.25, 0.3) is 5.91 Å². The van der Waals surface area contributed by atoms with Crippen LogP contribution in [-0.2, 0) is 18.6 Å². The number of amides is 2. The van der Waals surface area contributed by atoms with Crippen LogP contribution in [-0.4, -0.2) is 58.8 Å². The first-order chi connectivity index (χ1) is 19.8. The van der Waals surface area contributed by atoms with Gasteiger partial charge in [-0.15, -0.1) is 0 Å². The van der Waals surface area contributed by atoms with Gasteiger partial charge in [-0.1, -0.05) is 54.9 Å². The summed E-state index contributed by atoms with van der Waals surface area (Å²) in [5.74, 6) is -0.373. The highest BCUT2D eigenvalue weighted by Gasteiger charge is 2.43. The number of halogens is 1. The second-order valence-corrected chi connectivity index (χ2v) is 11.1. The van der Waals surface area contributed by atoms with Gasteiger partial charge in [-0.05, 0) is 68.0 Å². The van der Waals surface area contributed by atoms with Gasteiger partial charge in [-0.3, -0.25) is 9.78 Å². The molecule has 1 aliphatic heterocycles. The fraction of sp³-hybridized carbons (Fsp3) is 0.406. The van der Waals surface area contributed by atoms with Crippen LogP contribution in [0.15, 0.2) is 60.9 Å². The van der Waals surface area contributed by atoms with Crippen LogP contribution < -0.4 is 10.6 Å². The summed E-state index contributed by atoms with van der Waals surface area (Å²) < 4.78 is 0. The number of carboxylic acid groups (broad SMARTS) is 1. The Balaban J connectivity index is 1.69. The number of aliphatic hydroxyl groups is 1. The van der Waals surface area contributed by atoms with Gasteiger partial charge in [0.15, 0.2) is 0 Å². The summed E-state index contributed by atoms with van der Waals surface area (Å²) in [7, 11) is 1.88. The van der Waals surface area contributed by atoms with Crippen molar-refractivity contribution in [2.24, 2.45) is 5.92 Å². The molecular formula is C32H39ClN4O4. The number of piperidine rings is 1. The highest BCUT2D eigenvalue weighted by atomic mass is 35.5. The van der Waals surface area contributed by atoms with E-state index in [2.05, 4.69) is 34.7 Å². The molecule has 1 aliphatic rings. The molecule has 1 aromatic heterocycles. The Kier molecular flexibility index (Phi) is 10.4. The van der Waals surface area contributed by atoms with Gasteiger partial charge < -0.3 is 25.7 Å². The molecule has 0 saturated carbocycles. The molecule has 218 valence electrons. The van der Waals surface area contributed by atoms with Crippen molar-refractivity contribution in [1.29, 1.82) is 0 Å². The molecular weight excluding hydrogens is 540 g/mol. The highest BCUT2D eigenvalue weighted by Crippen LogP contribution is 2.45. The molecule has 1 saturated heterocycles. The maximum Gasteiger partial charge on any atom is 0.404 e. The lowest BCUT2D eigenvalue weighted by molar-refractivity contribution is -0.0565. The molecule has 1 fully saturated rings. The number of hydrogen-bond donors (Lipinski definition) is 4. The van der Waals surface area contributed by atoms with Crippen molar-refractivity contribution in [3.05, 3.63) is 88.2 Å². The summed E-state index contributed by atoms with van der Waals surface area (Å²) in [6, 6.07) is 15.7. The number of benzene rings is 2. The van der Waals surface area contributed by atoms with Crippen molar-refractivity contribution in [2.45, 2.75) is 51.2 Å². The Bertz CT molecular complexity index is 1350. The number of likely N-dealkylation sites (tertiary alicyclic amines) is 1. The lowest BCUT2D eigenvalue weighted by Crippen LogP contribution is -2.48. The zero-order chi connectivity index (χ0) is 29.4. The van der Waals surface area contributed by atoms with Crippen LogP contribution in [0, 0.1) is 5.92 Å². The first kappa shape index (κ1) is 30.5. The summed E-state index contributed by atoms with van der Waals surface area (Å²) in [5, 5.41) is 27.7. The SMILES string of the molecule is CCc1cccc(-c2c(Cl)cncc2C(O)(CCCNC(=O)O)C2CCCN(C(=O)c3ccc(CNC)cc3)C2)c1. The molecule has 2 aromatic carbocycles. The lowest BCUT2D eigenvalue weighted by Gasteiger charge is -2.43. The smallest absolute Gasteiger partial charge is 0.404 e. The molecule has 41 heavy (non-hydrogen) atoms. The normalized spacial score (nSPS) is 16.7. The van der Waals surface area contributed by atoms with E-state index in [4.69, 9.17) is 16.7 Å². The molecule has 2 heterocycles. The van der Waals surface area contributed by atoms with Crippen molar-refractivity contribution >= 4 is 23.6 Å². The van der Waals surface area contributed by atoms with E-state index in [0.29, 0.717) is 47.6 Å². The van der Waals surface area contributed by atoms with E-state index in [1.807, 2.05) is 48.3 Å². The number of nitrogens with zero attached hydrogens (tertiary/aromatic N) is 2. The van der Waals surface area contributed by atoms with Crippen molar-refractivity contribution in [3.63, 3.8) is 0 Å². The van der Waals surface area contributed by atoms with E-state index in [0.717, 1.165) is 36.1 Å². The van der Waals surface area contributed by atoms with Crippen molar-refractivity contribution in [3.8, 4) is 11.1 Å². The van der Waals surface area contributed by atoms with Crippen LogP contribution in [0.2, 0.25) is 5.02 Å². The molecule has 4 N–H and O–H groups in total. The van der Waals surface area contributed by atoms with Crippen molar-refractivity contribution in [1.82, 2.24) is 20.5 Å². The van der Waals surface area contributed by atoms with Gasteiger partial charge in [0.2, 0.25) is 0 Å². The number of carbonyl (C=O) groups excluding carboxylic acids is 1. The molecule has 0 spiro atoms. The van der Waals surface area contributed by atoms with Gasteiger partial charge >= 0.3 is 6.09 Å². The predicted molar refractivity (Wildman–Crippen MR) is 161 cm³/mol. The van der Waals surface area contributed by atoms with E-state index < -0.39 is 11.7 Å². The number of nitrogens with one attached hydrogen (secondary N) is 2. The monoisotopic (exact) mass is 578 g/mol. The molecule has 0 aliphatic carbocycles. The van der Waals surface area contributed by atoms with E-state index in [1.54, 1.807) is 12.4 Å². The first-order valence-electron chi connectivity index (χ1n) is 14.2. The Morgan fingerprint density at radius 3 is 2.63 bits per heavy atom. The molecule has 2 amide bonds. The summed E-state index contributed by atoms with van der Waals surface area (Å²) in [4.78, 5) is 30.8. The zero-order valence-corrected chi connectivity index (χ0v) is 24.5. The molecule has 0 radical (unpaired) electrons. The minimum atomic E-state index is -1.40. The van der Waals surface area contributed by atoms with Gasteiger partial charge in [0, 0.05) is 61.2 Å². The third-order valence-corrected chi connectivity index (χ3v) is 8.25. The second-order valence-electron chi connectivity index (χ2n) is 10.7. The molecule has 3 aromatic rings. The number of aromatic nitrogens is 1. The van der Waals surface area contributed by atoms with E-state index in [-0.39, 0.29) is 24.8 Å². The van der Waals surface area contributed by atoms with Crippen LogP contribution in [0.25, 0.3) is 11.1 Å². The fourth-order valence-corrected chi connectivity index (χ4v) is 6.09. The molecule has 4 rings (SSSR count). The molecule has 8 nitrogen and oxygen atoms in total. The minimum absolute atomic E-state index is 0.0688. The number of rotatable bonds is 11. The first-order valence-corrected chi connectivity index (χ1v) is 14.6. The van der Waals surface area contributed by atoms with Gasteiger partial charge in [0.05, 0.1) is 10.6 Å². The highest BCUT2D eigenvalue weighted by molar-refractivity contribution is 6.33. The van der Waals surface area contributed by atoms with Gasteiger partial charge in [-0.2, -0.15) is 0 Å². The third kappa shape index (κ3) is 7.25. The third-order valence-electron chi connectivity index (χ3n) is 7.97. The average Bonchev–Trinajstić information content (AvgIpc) is 2.99. The number of carbonyl (C=O) groups is 2. The Morgan fingerprint density at radius 2 is 1.93 bits per heavy atom. The molecule has 2 atom stereocenters.